The van der Waals surface area contributed by atoms with Gasteiger partial charge in [0.1, 0.15) is 12.7 Å². The van der Waals surface area contributed by atoms with E-state index in [1.54, 1.807) is 0 Å². The summed E-state index contributed by atoms with van der Waals surface area (Å²) in [5, 5.41) is 8.74. The van der Waals surface area contributed by atoms with Gasteiger partial charge in [0.25, 0.3) is 0 Å². The third-order valence-electron chi connectivity index (χ3n) is 1.92. The summed E-state index contributed by atoms with van der Waals surface area (Å²) in [6.07, 6.45) is -0.578. The normalized spacial score (nSPS) is 30.5. The van der Waals surface area contributed by atoms with Crippen molar-refractivity contribution in [3.63, 3.8) is 0 Å². The zero-order valence-corrected chi connectivity index (χ0v) is 8.94. The van der Waals surface area contributed by atoms with Crippen LogP contribution in [-0.2, 0) is 18.8 Å². The molecule has 15 heavy (non-hydrogen) atoms. The largest absolute Gasteiger partial charge is 0.453 e. The predicted molar refractivity (Wildman–Crippen MR) is 50.3 cm³/mol. The summed E-state index contributed by atoms with van der Waals surface area (Å²) in [6.45, 7) is 1.82. The number of carbonyl (C=O) groups is 1. The molecule has 3 atom stereocenters. The molecule has 0 bridgehead atoms. The smallest absolute Gasteiger partial charge is 0.397 e. The van der Waals surface area contributed by atoms with Gasteiger partial charge in [-0.25, -0.2) is 4.79 Å². The maximum absolute atomic E-state index is 10.9. The van der Waals surface area contributed by atoms with Crippen LogP contribution in [0, 0.1) is 0 Å². The highest BCUT2D eigenvalue weighted by Crippen LogP contribution is 2.20. The third kappa shape index (κ3) is 4.33. The van der Waals surface area contributed by atoms with E-state index in [-0.39, 0.29) is 12.7 Å². The number of ether oxygens (including phenoxy) is 2. The first-order chi connectivity index (χ1) is 7.13. The lowest BCUT2D eigenvalue weighted by Gasteiger charge is -2.13. The fourth-order valence-electron chi connectivity index (χ4n) is 1.31. The van der Waals surface area contributed by atoms with Gasteiger partial charge in [-0.2, -0.15) is 5.90 Å². The van der Waals surface area contributed by atoms with Gasteiger partial charge in [-0.05, 0) is 6.92 Å². The Morgan fingerprint density at radius 2 is 2.47 bits per heavy atom. The van der Waals surface area contributed by atoms with Gasteiger partial charge in [0.05, 0.1) is 12.2 Å². The molecule has 88 valence electrons. The number of aliphatic hydroxyl groups is 1. The maximum Gasteiger partial charge on any atom is 0.397 e. The molecule has 0 aromatic rings. The Hall–Kier alpha value is -0.380. The van der Waals surface area contributed by atoms with E-state index in [1.807, 2.05) is 6.92 Å². The van der Waals surface area contributed by atoms with Gasteiger partial charge in [-0.1, -0.05) is 0 Å². The highest BCUT2D eigenvalue weighted by molar-refractivity contribution is 8.09. The fourth-order valence-corrected chi connectivity index (χ4v) is 1.52. The molecule has 1 aliphatic heterocycles. The van der Waals surface area contributed by atoms with Crippen LogP contribution in [0.4, 0.5) is 4.79 Å². The Labute approximate surface area is 90.9 Å². The minimum atomic E-state index is -0.712. The van der Waals surface area contributed by atoms with Crippen molar-refractivity contribution in [3.05, 3.63) is 0 Å². The van der Waals surface area contributed by atoms with Crippen molar-refractivity contribution in [1.29, 1.82) is 0 Å². The van der Waals surface area contributed by atoms with E-state index in [0.717, 1.165) is 0 Å². The SMILES string of the molecule is C[C@H]1C[C@@H](O)[C@@H](COC(=O)SOON)O1. The Kier molecular flexibility index (Phi) is 5.29. The summed E-state index contributed by atoms with van der Waals surface area (Å²) in [7, 11) is 0. The van der Waals surface area contributed by atoms with E-state index < -0.39 is 17.5 Å². The molecule has 0 spiro atoms. The predicted octanol–water partition coefficient (Wildman–Crippen LogP) is 0.131. The second kappa shape index (κ2) is 6.26. The second-order valence-electron chi connectivity index (χ2n) is 3.10. The van der Waals surface area contributed by atoms with E-state index in [1.165, 1.54) is 0 Å². The zero-order valence-electron chi connectivity index (χ0n) is 8.12. The average molecular weight is 239 g/mol. The monoisotopic (exact) mass is 239 g/mol. The van der Waals surface area contributed by atoms with Crippen LogP contribution in [0.15, 0.2) is 0 Å². The second-order valence-corrected chi connectivity index (χ2v) is 3.73. The van der Waals surface area contributed by atoms with Crippen LogP contribution in [0.3, 0.4) is 0 Å². The molecule has 1 fully saturated rings. The molecule has 0 unspecified atom stereocenters. The highest BCUT2D eigenvalue weighted by atomic mass is 32.2. The molecule has 1 aliphatic rings. The molecular formula is C7H13NO6S. The van der Waals surface area contributed by atoms with E-state index in [9.17, 15) is 9.90 Å². The van der Waals surface area contributed by atoms with Crippen LogP contribution in [-0.4, -0.2) is 35.3 Å². The van der Waals surface area contributed by atoms with Crippen LogP contribution >= 0.6 is 12.0 Å². The number of carbonyl (C=O) groups excluding carboxylic acids is 1. The summed E-state index contributed by atoms with van der Waals surface area (Å²) in [6, 6.07) is 0. The van der Waals surface area contributed by atoms with Crippen LogP contribution < -0.4 is 5.90 Å². The van der Waals surface area contributed by atoms with Gasteiger partial charge in [-0.3, -0.25) is 0 Å². The van der Waals surface area contributed by atoms with Crippen molar-refractivity contribution in [2.24, 2.45) is 5.90 Å². The van der Waals surface area contributed by atoms with Crippen LogP contribution in [0.2, 0.25) is 0 Å². The van der Waals surface area contributed by atoms with Crippen molar-refractivity contribution >= 4 is 17.3 Å². The van der Waals surface area contributed by atoms with E-state index in [2.05, 4.69) is 15.2 Å². The molecule has 0 radical (unpaired) electrons. The molecule has 0 saturated carbocycles. The van der Waals surface area contributed by atoms with Gasteiger partial charge in [0.2, 0.25) is 0 Å². The lowest BCUT2D eigenvalue weighted by molar-refractivity contribution is -0.194. The topological polar surface area (TPSA) is 100 Å². The zero-order chi connectivity index (χ0) is 11.3. The number of hydrogen-bond donors (Lipinski definition) is 2. The Morgan fingerprint density at radius 3 is 3.00 bits per heavy atom. The number of hydrogen-bond acceptors (Lipinski definition) is 8. The Balaban J connectivity index is 2.16. The van der Waals surface area contributed by atoms with Gasteiger partial charge < -0.3 is 14.6 Å². The molecular weight excluding hydrogens is 226 g/mol. The summed E-state index contributed by atoms with van der Waals surface area (Å²) < 4.78 is 14.1. The molecule has 0 aromatic carbocycles. The molecule has 1 saturated heterocycles. The molecule has 1 rings (SSSR count). The number of nitrogens with two attached hydrogens (primary N) is 1. The fraction of sp³-hybridized carbons (Fsp3) is 0.857. The first kappa shape index (κ1) is 12.7. The molecule has 7 nitrogen and oxygen atoms in total. The van der Waals surface area contributed by atoms with Crippen molar-refractivity contribution in [2.45, 2.75) is 31.7 Å². The van der Waals surface area contributed by atoms with Crippen molar-refractivity contribution in [1.82, 2.24) is 0 Å². The number of rotatable bonds is 4. The van der Waals surface area contributed by atoms with E-state index in [0.29, 0.717) is 18.5 Å². The highest BCUT2D eigenvalue weighted by Gasteiger charge is 2.32. The Morgan fingerprint density at radius 1 is 1.73 bits per heavy atom. The van der Waals surface area contributed by atoms with Crippen molar-refractivity contribution < 1.29 is 28.7 Å². The Bertz CT molecular complexity index is 216. The van der Waals surface area contributed by atoms with E-state index >= 15 is 0 Å². The molecule has 0 amide bonds. The first-order valence-electron chi connectivity index (χ1n) is 4.34. The minimum absolute atomic E-state index is 0.0225. The van der Waals surface area contributed by atoms with Gasteiger partial charge >= 0.3 is 5.30 Å². The van der Waals surface area contributed by atoms with Crippen LogP contribution in [0.1, 0.15) is 13.3 Å². The quantitative estimate of drug-likeness (QED) is 0.309. The van der Waals surface area contributed by atoms with Gasteiger partial charge in [-0.15, -0.1) is 9.32 Å². The molecule has 1 heterocycles. The molecule has 0 aromatic heterocycles. The molecule has 3 N–H and O–H groups in total. The summed E-state index contributed by atoms with van der Waals surface area (Å²) in [5.74, 6) is 4.52. The van der Waals surface area contributed by atoms with Gasteiger partial charge in [0.15, 0.2) is 12.0 Å². The lowest BCUT2D eigenvalue weighted by atomic mass is 10.1. The summed E-state index contributed by atoms with van der Waals surface area (Å²) >= 11 is 0.316. The first-order valence-corrected chi connectivity index (χ1v) is 5.08. The van der Waals surface area contributed by atoms with Crippen molar-refractivity contribution in [2.75, 3.05) is 6.61 Å². The standard InChI is InChI=1S/C7H13NO6S/c1-4-2-5(9)6(12-4)3-11-7(10)15-14-13-8/h4-6,9H,2-3,8H2,1H3/t4-,5+,6+/m0/s1. The average Bonchev–Trinajstić information content (AvgIpc) is 2.51. The minimum Gasteiger partial charge on any atom is -0.453 e. The molecule has 0 aliphatic carbocycles. The van der Waals surface area contributed by atoms with Crippen molar-refractivity contribution in [3.8, 4) is 0 Å². The van der Waals surface area contributed by atoms with Crippen LogP contribution in [0.25, 0.3) is 0 Å². The molecule has 8 heteroatoms. The maximum atomic E-state index is 10.9. The summed E-state index contributed by atoms with van der Waals surface area (Å²) in [5.41, 5.74) is 0. The van der Waals surface area contributed by atoms with Gasteiger partial charge in [0, 0.05) is 6.42 Å². The number of aliphatic hydroxyl groups excluding tert-OH is 1. The lowest BCUT2D eigenvalue weighted by Crippen LogP contribution is -2.27. The summed E-state index contributed by atoms with van der Waals surface area (Å²) in [4.78, 5) is 14.6. The van der Waals surface area contributed by atoms with E-state index in [4.69, 9.17) is 9.47 Å². The third-order valence-corrected chi connectivity index (χ3v) is 2.32. The van der Waals surface area contributed by atoms with Crippen LogP contribution in [0.5, 0.6) is 0 Å².